The maximum Gasteiger partial charge on any atom is 0.328 e. The van der Waals surface area contributed by atoms with Crippen LogP contribution >= 0.6 is 22.7 Å². The summed E-state index contributed by atoms with van der Waals surface area (Å²) >= 11 is 3.04. The summed E-state index contributed by atoms with van der Waals surface area (Å²) in [7, 11) is 0. The standard InChI is InChI=1S/C100H102B2N6O2S2/c1-6-10-14-18-22-24-28-36-52-77(50-34-26-20-16-12-8-3)75-109-85-70-66-79(67-71-85)95-92-93(98(94(104-5)100-106-89-63-47-49-65-91(89)112-100)108(95)102(83-58-42-32-43-59-83)84-60-44-33-45-61-84)96(80-68-72-86(73-69-80)110-76-78(51-35-27-21-17-13-9-4)53-37-29-25-23-19-15-11-7-2)107(101(81-54-38-30-39-55-81)82-56-40-31-41-57-82)97(92)87(74-103)99-105-88-62-46-48-64-90(88)111-99/h3,30-33,38-49,54-73,77-78H,6-7,9-11,13-15,17-19,21-25,27-29,35-37,51-53,75-76H2,1-2,4H3/b97-87-,98-94+. The van der Waals surface area contributed by atoms with Gasteiger partial charge in [-0.2, -0.15) is 5.26 Å². The van der Waals surface area contributed by atoms with Crippen LogP contribution < -0.4 is 42.0 Å². The average molecular weight is 1510 g/mol. The van der Waals surface area contributed by atoms with Crippen LogP contribution in [-0.2, 0) is 0 Å². The fourth-order valence-electron chi connectivity index (χ4n) is 15.8. The van der Waals surface area contributed by atoms with Crippen molar-refractivity contribution in [3.8, 4) is 87.9 Å². The third kappa shape index (κ3) is 21.0. The van der Waals surface area contributed by atoms with E-state index in [1.165, 1.54) is 151 Å². The fourth-order valence-corrected chi connectivity index (χ4v) is 17.7. The fraction of sp³-hybridized carbons (Fsp3) is 0.320. The molecular formula is C100H102B2N6O2S2. The van der Waals surface area contributed by atoms with Gasteiger partial charge in [-0.25, -0.2) is 14.8 Å². The van der Waals surface area contributed by atoms with E-state index in [-0.39, 0.29) is 5.92 Å². The Kier molecular flexibility index (Phi) is 30.9. The van der Waals surface area contributed by atoms with Gasteiger partial charge in [0.25, 0.3) is 0 Å². The van der Waals surface area contributed by atoms with Gasteiger partial charge in [0.05, 0.1) is 44.9 Å². The molecule has 0 radical (unpaired) electrons. The van der Waals surface area contributed by atoms with Crippen LogP contribution in [0.3, 0.4) is 0 Å². The number of nitriles is 1. The Labute approximate surface area is 674 Å². The number of ether oxygens (including phenoxy) is 2. The minimum Gasteiger partial charge on any atom is -0.493 e. The lowest BCUT2D eigenvalue weighted by atomic mass is 9.50. The maximum atomic E-state index is 12.7. The molecule has 0 amide bonds. The minimum absolute atomic E-state index is 0.0981. The highest BCUT2D eigenvalue weighted by Crippen LogP contribution is 2.40. The predicted molar refractivity (Wildman–Crippen MR) is 476 cm³/mol. The number of thiazole rings is 2. The molecule has 0 aliphatic rings. The molecule has 0 saturated heterocycles. The Bertz CT molecular complexity index is 5240. The van der Waals surface area contributed by atoms with Gasteiger partial charge < -0.3 is 18.4 Å². The van der Waals surface area contributed by atoms with Crippen molar-refractivity contribution in [2.75, 3.05) is 13.2 Å². The molecular weight excluding hydrogens is 1400 g/mol. The first-order valence-electron chi connectivity index (χ1n) is 41.1. The van der Waals surface area contributed by atoms with E-state index in [0.717, 1.165) is 113 Å². The summed E-state index contributed by atoms with van der Waals surface area (Å²) in [6, 6.07) is 78.9. The summed E-state index contributed by atoms with van der Waals surface area (Å²) < 4.78 is 20.7. The number of nitrogens with zero attached hydrogens (tertiary/aromatic N) is 6. The van der Waals surface area contributed by atoms with Crippen molar-refractivity contribution in [3.63, 3.8) is 0 Å². The highest BCUT2D eigenvalue weighted by Gasteiger charge is 2.38. The molecule has 112 heavy (non-hydrogen) atoms. The molecule has 8 aromatic carbocycles. The Morgan fingerprint density at radius 3 is 1.25 bits per heavy atom. The van der Waals surface area contributed by atoms with Gasteiger partial charge in [0.15, 0.2) is 0 Å². The summed E-state index contributed by atoms with van der Waals surface area (Å²) in [4.78, 5) is 15.7. The van der Waals surface area contributed by atoms with Gasteiger partial charge in [-0.05, 0) is 145 Å². The topological polar surface area (TPSA) is 82.2 Å². The van der Waals surface area contributed by atoms with E-state index in [1.807, 2.05) is 36.4 Å². The molecule has 4 aromatic heterocycles. The summed E-state index contributed by atoms with van der Waals surface area (Å²) in [5.74, 6) is 21.6. The first kappa shape index (κ1) is 80.6. The molecule has 4 heterocycles. The van der Waals surface area contributed by atoms with Crippen molar-refractivity contribution in [1.29, 1.82) is 5.26 Å². The minimum atomic E-state index is -0.565. The molecule has 562 valence electrons. The van der Waals surface area contributed by atoms with E-state index in [0.29, 0.717) is 56.9 Å². The van der Waals surface area contributed by atoms with E-state index in [2.05, 4.69) is 259 Å². The maximum absolute atomic E-state index is 12.7. The molecule has 2 unspecified atom stereocenters. The molecule has 12 aromatic rings. The molecule has 0 aliphatic carbocycles. The van der Waals surface area contributed by atoms with Crippen LogP contribution in [0.2, 0.25) is 0 Å². The number of terminal acetylenes is 1. The third-order valence-corrected chi connectivity index (χ3v) is 23.6. The number of benzene rings is 8. The van der Waals surface area contributed by atoms with Crippen molar-refractivity contribution >= 4 is 101 Å². The zero-order chi connectivity index (χ0) is 77.3. The number of hydrogen-bond acceptors (Lipinski definition) is 7. The lowest BCUT2D eigenvalue weighted by molar-refractivity contribution is 0.224. The molecule has 0 aliphatic heterocycles. The van der Waals surface area contributed by atoms with Crippen molar-refractivity contribution < 1.29 is 9.47 Å². The van der Waals surface area contributed by atoms with Crippen LogP contribution in [0.15, 0.2) is 218 Å². The van der Waals surface area contributed by atoms with Gasteiger partial charge in [-0.15, -0.1) is 29.1 Å². The smallest absolute Gasteiger partial charge is 0.328 e. The van der Waals surface area contributed by atoms with E-state index >= 15 is 0 Å². The van der Waals surface area contributed by atoms with Gasteiger partial charge in [-0.3, -0.25) is 0 Å². The lowest BCUT2D eigenvalue weighted by Crippen LogP contribution is -2.54. The molecule has 0 saturated carbocycles. The van der Waals surface area contributed by atoms with Gasteiger partial charge in [0, 0.05) is 27.5 Å². The van der Waals surface area contributed by atoms with Gasteiger partial charge in [-0.1, -0.05) is 335 Å². The van der Waals surface area contributed by atoms with Crippen LogP contribution in [0, 0.1) is 77.6 Å². The Balaban J connectivity index is 1.15. The van der Waals surface area contributed by atoms with E-state index in [9.17, 15) is 11.8 Å². The second-order valence-electron chi connectivity index (χ2n) is 29.5. The first-order chi connectivity index (χ1) is 55.4. The zero-order valence-corrected chi connectivity index (χ0v) is 67.2. The second kappa shape index (κ2) is 43.0. The number of unbranched alkanes of at least 4 members (excludes halogenated alkanes) is 19. The number of aromatic nitrogens is 4. The van der Waals surface area contributed by atoms with Gasteiger partial charge in [0.1, 0.15) is 39.8 Å². The molecule has 0 spiro atoms. The number of hydrogen-bond donors (Lipinski definition) is 0. The molecule has 0 fully saturated rings. The second-order valence-corrected chi connectivity index (χ2v) is 31.5. The Morgan fingerprint density at radius 2 is 0.812 bits per heavy atom. The highest BCUT2D eigenvalue weighted by molar-refractivity contribution is 7.20. The average Bonchev–Trinajstić information content (AvgIpc) is 1.52. The predicted octanol–water partition coefficient (Wildman–Crippen LogP) is 21.5. The first-order valence-corrected chi connectivity index (χ1v) is 42.7. The highest BCUT2D eigenvalue weighted by atomic mass is 32.1. The van der Waals surface area contributed by atoms with Crippen molar-refractivity contribution in [1.82, 2.24) is 18.9 Å². The molecule has 8 nitrogen and oxygen atoms in total. The summed E-state index contributed by atoms with van der Waals surface area (Å²) in [5.41, 5.74) is 9.67. The Morgan fingerprint density at radius 1 is 0.438 bits per heavy atom. The van der Waals surface area contributed by atoms with Gasteiger partial charge >= 0.3 is 13.7 Å². The van der Waals surface area contributed by atoms with E-state index in [4.69, 9.17) is 30.7 Å². The molecule has 2 atom stereocenters. The quantitative estimate of drug-likeness (QED) is 0.0165. The van der Waals surface area contributed by atoms with Crippen LogP contribution in [0.1, 0.15) is 191 Å². The van der Waals surface area contributed by atoms with Crippen molar-refractivity contribution in [2.45, 2.75) is 181 Å². The van der Waals surface area contributed by atoms with Crippen LogP contribution in [0.4, 0.5) is 0 Å². The Hall–Kier alpha value is -11.0. The van der Waals surface area contributed by atoms with Crippen LogP contribution in [0.5, 0.6) is 11.5 Å². The van der Waals surface area contributed by atoms with Crippen LogP contribution in [-0.4, -0.2) is 45.8 Å². The van der Waals surface area contributed by atoms with Crippen molar-refractivity contribution in [3.05, 3.63) is 251 Å². The van der Waals surface area contributed by atoms with E-state index < -0.39 is 13.7 Å². The zero-order valence-electron chi connectivity index (χ0n) is 65.6. The third-order valence-electron chi connectivity index (χ3n) is 21.5. The summed E-state index contributed by atoms with van der Waals surface area (Å²) in [6.07, 6.45) is 36.1. The summed E-state index contributed by atoms with van der Waals surface area (Å²) in [5, 5.41) is 16.7. The number of rotatable bonds is 41. The molecule has 0 N–H and O–H groups in total. The molecule has 0 bridgehead atoms. The van der Waals surface area contributed by atoms with Crippen LogP contribution in [0.25, 0.3) is 69.8 Å². The largest absolute Gasteiger partial charge is 0.493 e. The SMILES string of the molecule is [C-]#[N+]/C(c1nc2ccccc2s1)=c1\c2c(-c3ccc(OCC(CCCCCCCC)CCCCCCCCCC)cc3)n(B(c3ccccc3)c3ccccc3)/c(=C(/C#N)c3nc4ccccc4s3)c2c(-c2ccc(OCC(C#CC#CC#CC#C)CCCCCCCCCC)cc2)n1B(c1ccccc1)c1ccccc1. The lowest BCUT2D eigenvalue weighted by Gasteiger charge is -2.24. The normalized spacial score (nSPS) is 12.1. The number of para-hydroxylation sites is 2. The monoisotopic (exact) mass is 1500 g/mol. The molecule has 12 heteroatoms. The van der Waals surface area contributed by atoms with E-state index in [1.54, 1.807) is 0 Å². The molecule has 12 rings (SSSR count). The van der Waals surface area contributed by atoms with Crippen molar-refractivity contribution in [2.24, 2.45) is 11.8 Å². The summed E-state index contributed by atoms with van der Waals surface area (Å²) in [6.45, 7) is 16.6. The van der Waals surface area contributed by atoms with Gasteiger partial charge in [0.2, 0.25) is 5.70 Å². The number of fused-ring (bicyclic) bond motifs is 3.